The Morgan fingerprint density at radius 1 is 1.37 bits per heavy atom. The summed E-state index contributed by atoms with van der Waals surface area (Å²) in [5.41, 5.74) is 4.05. The molecule has 0 fully saturated rings. The fourth-order valence-corrected chi connectivity index (χ4v) is 2.65. The van der Waals surface area contributed by atoms with Crippen LogP contribution in [0, 0.1) is 13.8 Å². The van der Waals surface area contributed by atoms with Crippen LogP contribution in [-0.2, 0) is 11.3 Å². The van der Waals surface area contributed by atoms with Gasteiger partial charge in [0.25, 0.3) is 0 Å². The molecule has 100 valence electrons. The molecule has 0 saturated carbocycles. The Hall–Kier alpha value is -1.62. The van der Waals surface area contributed by atoms with Crippen molar-refractivity contribution in [2.24, 2.45) is 0 Å². The predicted octanol–water partition coefficient (Wildman–Crippen LogP) is 3.40. The van der Waals surface area contributed by atoms with Gasteiger partial charge in [0, 0.05) is 15.7 Å². The summed E-state index contributed by atoms with van der Waals surface area (Å²) in [6.07, 6.45) is 0.0807. The van der Waals surface area contributed by atoms with Gasteiger partial charge in [-0.3, -0.25) is 9.48 Å². The molecule has 0 amide bonds. The third-order valence-corrected chi connectivity index (χ3v) is 3.75. The van der Waals surface area contributed by atoms with Gasteiger partial charge in [0.15, 0.2) is 0 Å². The smallest absolute Gasteiger partial charge is 0.305 e. The highest BCUT2D eigenvalue weighted by molar-refractivity contribution is 9.10. The van der Waals surface area contributed by atoms with Crippen molar-refractivity contribution in [2.45, 2.75) is 26.8 Å². The van der Waals surface area contributed by atoms with Crippen LogP contribution >= 0.6 is 15.9 Å². The Balaban J connectivity index is 2.42. The molecule has 0 aliphatic rings. The number of hydrogen-bond acceptors (Lipinski definition) is 2. The molecule has 0 aliphatic heterocycles. The number of nitrogens with zero attached hydrogens (tertiary/aromatic N) is 2. The molecule has 1 aromatic carbocycles. The van der Waals surface area contributed by atoms with E-state index < -0.39 is 5.97 Å². The summed E-state index contributed by atoms with van der Waals surface area (Å²) in [4.78, 5) is 10.7. The van der Waals surface area contributed by atoms with Crippen molar-refractivity contribution in [3.8, 4) is 11.1 Å². The first-order valence-electron chi connectivity index (χ1n) is 6.01. The highest BCUT2D eigenvalue weighted by Crippen LogP contribution is 2.32. The topological polar surface area (TPSA) is 55.1 Å². The fraction of sp³-hybridized carbons (Fsp3) is 0.286. The number of halogens is 1. The number of carboxylic acids is 1. The number of carbonyl (C=O) groups is 1. The van der Waals surface area contributed by atoms with Crippen LogP contribution in [0.3, 0.4) is 0 Å². The number of aromatic nitrogens is 2. The van der Waals surface area contributed by atoms with Crippen LogP contribution in [0.25, 0.3) is 11.1 Å². The summed E-state index contributed by atoms with van der Waals surface area (Å²) < 4.78 is 2.78. The maximum Gasteiger partial charge on any atom is 0.305 e. The molecule has 19 heavy (non-hydrogen) atoms. The molecule has 4 nitrogen and oxygen atoms in total. The third kappa shape index (κ3) is 2.87. The van der Waals surface area contributed by atoms with Crippen molar-refractivity contribution in [2.75, 3.05) is 0 Å². The van der Waals surface area contributed by atoms with Crippen LogP contribution in [0.2, 0.25) is 0 Å². The second kappa shape index (κ2) is 5.57. The van der Waals surface area contributed by atoms with Crippen LogP contribution in [0.4, 0.5) is 0 Å². The summed E-state index contributed by atoms with van der Waals surface area (Å²) in [5.74, 6) is -0.810. The van der Waals surface area contributed by atoms with Crippen LogP contribution in [0.1, 0.15) is 17.8 Å². The highest BCUT2D eigenvalue weighted by atomic mass is 79.9. The SMILES string of the molecule is Cc1nn(CCC(=O)O)c(C)c1-c1ccccc1Br. The quantitative estimate of drug-likeness (QED) is 0.938. The molecule has 2 rings (SSSR count). The molecule has 0 aliphatic carbocycles. The zero-order valence-electron chi connectivity index (χ0n) is 10.9. The van der Waals surface area contributed by atoms with E-state index in [0.29, 0.717) is 6.54 Å². The second-order valence-electron chi connectivity index (χ2n) is 4.39. The number of benzene rings is 1. The molecular weight excluding hydrogens is 308 g/mol. The van der Waals surface area contributed by atoms with E-state index in [1.165, 1.54) is 0 Å². The minimum atomic E-state index is -0.810. The first-order chi connectivity index (χ1) is 9.00. The van der Waals surface area contributed by atoms with Gasteiger partial charge in [-0.05, 0) is 25.5 Å². The Kier molecular flexibility index (Phi) is 4.04. The largest absolute Gasteiger partial charge is 0.481 e. The minimum absolute atomic E-state index is 0.0807. The van der Waals surface area contributed by atoms with Crippen molar-refractivity contribution in [3.05, 3.63) is 40.1 Å². The van der Waals surface area contributed by atoms with E-state index >= 15 is 0 Å². The number of hydrogen-bond donors (Lipinski definition) is 1. The van der Waals surface area contributed by atoms with Gasteiger partial charge in [-0.2, -0.15) is 5.10 Å². The van der Waals surface area contributed by atoms with Gasteiger partial charge in [-0.1, -0.05) is 34.1 Å². The zero-order valence-corrected chi connectivity index (χ0v) is 12.4. The van der Waals surface area contributed by atoms with Crippen molar-refractivity contribution in [1.29, 1.82) is 0 Å². The Labute approximate surface area is 120 Å². The summed E-state index contributed by atoms with van der Waals surface area (Å²) in [7, 11) is 0. The molecule has 0 radical (unpaired) electrons. The van der Waals surface area contributed by atoms with Gasteiger partial charge in [-0.15, -0.1) is 0 Å². The molecule has 1 N–H and O–H groups in total. The van der Waals surface area contributed by atoms with Gasteiger partial charge in [-0.25, -0.2) is 0 Å². The standard InChI is InChI=1S/C14H15BrN2O2/c1-9-14(11-5-3-4-6-12(11)15)10(2)17(16-9)8-7-13(18)19/h3-6H,7-8H2,1-2H3,(H,18,19). The number of aryl methyl sites for hydroxylation is 2. The highest BCUT2D eigenvalue weighted by Gasteiger charge is 2.15. The molecule has 5 heteroatoms. The van der Waals surface area contributed by atoms with Gasteiger partial charge >= 0.3 is 5.97 Å². The van der Waals surface area contributed by atoms with Crippen molar-refractivity contribution in [1.82, 2.24) is 9.78 Å². The van der Waals surface area contributed by atoms with Gasteiger partial charge in [0.05, 0.1) is 18.7 Å². The average molecular weight is 323 g/mol. The third-order valence-electron chi connectivity index (χ3n) is 3.06. The lowest BCUT2D eigenvalue weighted by Crippen LogP contribution is -2.07. The van der Waals surface area contributed by atoms with Crippen LogP contribution in [0.15, 0.2) is 28.7 Å². The van der Waals surface area contributed by atoms with Crippen LogP contribution in [0.5, 0.6) is 0 Å². The molecule has 0 saturated heterocycles. The number of aliphatic carboxylic acids is 1. The first-order valence-corrected chi connectivity index (χ1v) is 6.80. The lowest BCUT2D eigenvalue weighted by atomic mass is 10.0. The van der Waals surface area contributed by atoms with E-state index in [4.69, 9.17) is 5.11 Å². The summed E-state index contributed by atoms with van der Waals surface area (Å²) in [6.45, 7) is 4.31. The van der Waals surface area contributed by atoms with Crippen molar-refractivity contribution >= 4 is 21.9 Å². The lowest BCUT2D eigenvalue weighted by molar-refractivity contribution is -0.137. The molecule has 0 unspecified atom stereocenters. The van der Waals surface area contributed by atoms with Crippen LogP contribution in [-0.4, -0.2) is 20.9 Å². The molecule has 0 spiro atoms. The molecular formula is C14H15BrN2O2. The van der Waals surface area contributed by atoms with E-state index in [1.807, 2.05) is 38.1 Å². The van der Waals surface area contributed by atoms with E-state index in [9.17, 15) is 4.79 Å². The Morgan fingerprint density at radius 2 is 2.05 bits per heavy atom. The molecule has 0 bridgehead atoms. The maximum absolute atomic E-state index is 10.7. The minimum Gasteiger partial charge on any atom is -0.481 e. The monoisotopic (exact) mass is 322 g/mol. The summed E-state index contributed by atoms with van der Waals surface area (Å²) in [5, 5.41) is 13.2. The van der Waals surface area contributed by atoms with Crippen LogP contribution < -0.4 is 0 Å². The maximum atomic E-state index is 10.7. The van der Waals surface area contributed by atoms with E-state index in [2.05, 4.69) is 21.0 Å². The van der Waals surface area contributed by atoms with E-state index in [1.54, 1.807) is 4.68 Å². The average Bonchev–Trinajstić information content (AvgIpc) is 2.63. The molecule has 0 atom stereocenters. The first kappa shape index (κ1) is 13.8. The molecule has 1 heterocycles. The Morgan fingerprint density at radius 3 is 2.68 bits per heavy atom. The molecule has 2 aromatic rings. The Bertz CT molecular complexity index is 620. The van der Waals surface area contributed by atoms with Gasteiger partial charge in [0.1, 0.15) is 0 Å². The summed E-state index contributed by atoms with van der Waals surface area (Å²) in [6, 6.07) is 7.96. The zero-order chi connectivity index (χ0) is 14.0. The van der Waals surface area contributed by atoms with E-state index in [0.717, 1.165) is 27.0 Å². The number of carboxylic acid groups (broad SMARTS) is 1. The van der Waals surface area contributed by atoms with Gasteiger partial charge < -0.3 is 5.11 Å². The van der Waals surface area contributed by atoms with Crippen molar-refractivity contribution < 1.29 is 9.90 Å². The second-order valence-corrected chi connectivity index (χ2v) is 5.25. The van der Waals surface area contributed by atoms with E-state index in [-0.39, 0.29) is 6.42 Å². The summed E-state index contributed by atoms with van der Waals surface area (Å²) >= 11 is 3.54. The van der Waals surface area contributed by atoms with Gasteiger partial charge in [0.2, 0.25) is 0 Å². The number of rotatable bonds is 4. The lowest BCUT2D eigenvalue weighted by Gasteiger charge is -2.06. The fourth-order valence-electron chi connectivity index (χ4n) is 2.17. The van der Waals surface area contributed by atoms with Crippen molar-refractivity contribution in [3.63, 3.8) is 0 Å². The molecule has 1 aromatic heterocycles. The predicted molar refractivity (Wildman–Crippen MR) is 77.1 cm³/mol. The normalized spacial score (nSPS) is 10.7.